The van der Waals surface area contributed by atoms with Gasteiger partial charge in [-0.3, -0.25) is 0 Å². The van der Waals surface area contributed by atoms with Gasteiger partial charge in [-0.05, 0) is 12.8 Å². The lowest BCUT2D eigenvalue weighted by Crippen LogP contribution is -2.15. The van der Waals surface area contributed by atoms with Crippen molar-refractivity contribution in [3.8, 4) is 0 Å². The number of aromatic nitrogens is 1. The van der Waals surface area contributed by atoms with Crippen LogP contribution in [0.2, 0.25) is 0 Å². The van der Waals surface area contributed by atoms with Crippen molar-refractivity contribution in [3.63, 3.8) is 0 Å². The summed E-state index contributed by atoms with van der Waals surface area (Å²) in [7, 11) is 0. The molecule has 3 rings (SSSR count). The fourth-order valence-electron chi connectivity index (χ4n) is 1.72. The van der Waals surface area contributed by atoms with Gasteiger partial charge in [0.2, 0.25) is 0 Å². The van der Waals surface area contributed by atoms with E-state index in [2.05, 4.69) is 34.2 Å². The maximum atomic E-state index is 4.76. The molecule has 1 aliphatic heterocycles. The van der Waals surface area contributed by atoms with Gasteiger partial charge in [0.05, 0.1) is 10.9 Å². The Labute approximate surface area is 109 Å². The highest BCUT2D eigenvalue weighted by molar-refractivity contribution is 8.06. The lowest BCUT2D eigenvalue weighted by atomic mass is 10.4. The highest BCUT2D eigenvalue weighted by Crippen LogP contribution is 2.38. The molecular weight excluding hydrogens is 256 g/mol. The van der Waals surface area contributed by atoms with Gasteiger partial charge in [0, 0.05) is 35.2 Å². The Morgan fingerprint density at radius 3 is 3.06 bits per heavy atom. The van der Waals surface area contributed by atoms with Crippen LogP contribution in [0.1, 0.15) is 28.8 Å². The molecule has 0 bridgehead atoms. The van der Waals surface area contributed by atoms with E-state index >= 15 is 0 Å². The fraction of sp³-hybridized carbons (Fsp3) is 0.727. The number of thioether (sulfide) groups is 2. The summed E-state index contributed by atoms with van der Waals surface area (Å²) in [4.78, 5) is 4.76. The van der Waals surface area contributed by atoms with Gasteiger partial charge in [0.1, 0.15) is 5.01 Å². The summed E-state index contributed by atoms with van der Waals surface area (Å²) in [5, 5.41) is 7.74. The largest absolute Gasteiger partial charge is 0.308 e. The maximum absolute atomic E-state index is 4.76. The van der Waals surface area contributed by atoms with Crippen molar-refractivity contribution in [2.75, 3.05) is 17.3 Å². The lowest BCUT2D eigenvalue weighted by molar-refractivity contribution is 0.675. The van der Waals surface area contributed by atoms with Crippen molar-refractivity contribution < 1.29 is 0 Å². The van der Waals surface area contributed by atoms with Gasteiger partial charge in [-0.15, -0.1) is 23.1 Å². The third-order valence-electron chi connectivity index (χ3n) is 2.81. The van der Waals surface area contributed by atoms with Gasteiger partial charge in [-0.2, -0.15) is 11.8 Å². The first-order chi connectivity index (χ1) is 7.92. The smallest absolute Gasteiger partial charge is 0.107 e. The van der Waals surface area contributed by atoms with Gasteiger partial charge in [0.15, 0.2) is 0 Å². The number of nitrogens with one attached hydrogen (secondary N) is 1. The third-order valence-corrected chi connectivity index (χ3v) is 6.73. The normalized spacial score (nSPS) is 25.9. The van der Waals surface area contributed by atoms with E-state index in [1.54, 1.807) is 0 Å². The zero-order valence-electron chi connectivity index (χ0n) is 9.15. The quantitative estimate of drug-likeness (QED) is 0.911. The maximum Gasteiger partial charge on any atom is 0.107 e. The first-order valence-corrected chi connectivity index (χ1v) is 8.87. The molecule has 1 aliphatic carbocycles. The summed E-state index contributed by atoms with van der Waals surface area (Å²) >= 11 is 5.98. The van der Waals surface area contributed by atoms with Gasteiger partial charge in [-0.1, -0.05) is 0 Å². The molecule has 0 radical (unpaired) electrons. The van der Waals surface area contributed by atoms with Crippen molar-refractivity contribution in [2.45, 2.75) is 30.7 Å². The minimum atomic E-state index is 0.651. The van der Waals surface area contributed by atoms with Crippen molar-refractivity contribution in [3.05, 3.63) is 16.1 Å². The summed E-state index contributed by atoms with van der Waals surface area (Å²) in [6.07, 6.45) is 2.71. The topological polar surface area (TPSA) is 24.9 Å². The van der Waals surface area contributed by atoms with E-state index in [9.17, 15) is 0 Å². The zero-order chi connectivity index (χ0) is 10.8. The monoisotopic (exact) mass is 272 g/mol. The van der Waals surface area contributed by atoms with Crippen LogP contribution >= 0.6 is 34.9 Å². The van der Waals surface area contributed by atoms with Crippen LogP contribution in [0.15, 0.2) is 5.38 Å². The van der Waals surface area contributed by atoms with Crippen molar-refractivity contribution in [2.24, 2.45) is 0 Å². The van der Waals surface area contributed by atoms with E-state index in [1.807, 2.05) is 11.3 Å². The molecule has 1 saturated carbocycles. The SMILES string of the molecule is c1sc(C2CSCCS2)nc1CNC1CC1. The van der Waals surface area contributed by atoms with E-state index in [1.165, 1.54) is 40.8 Å². The molecule has 1 N–H and O–H groups in total. The Morgan fingerprint density at radius 2 is 2.31 bits per heavy atom. The lowest BCUT2D eigenvalue weighted by Gasteiger charge is -2.18. The molecule has 0 spiro atoms. The van der Waals surface area contributed by atoms with Crippen LogP contribution in [0.25, 0.3) is 0 Å². The Hall–Kier alpha value is 0.290. The number of hydrogen-bond donors (Lipinski definition) is 1. The van der Waals surface area contributed by atoms with Crippen LogP contribution in [0.5, 0.6) is 0 Å². The van der Waals surface area contributed by atoms with Crippen molar-refractivity contribution in [1.82, 2.24) is 10.3 Å². The van der Waals surface area contributed by atoms with Crippen LogP contribution in [0, 0.1) is 0 Å². The van der Waals surface area contributed by atoms with E-state index < -0.39 is 0 Å². The zero-order valence-corrected chi connectivity index (χ0v) is 11.6. The molecule has 5 heteroatoms. The molecular formula is C11H16N2S3. The molecule has 2 heterocycles. The van der Waals surface area contributed by atoms with Gasteiger partial charge < -0.3 is 5.32 Å². The second-order valence-electron chi connectivity index (χ2n) is 4.27. The number of thiazole rings is 1. The molecule has 1 atom stereocenters. The predicted molar refractivity (Wildman–Crippen MR) is 74.5 cm³/mol. The highest BCUT2D eigenvalue weighted by atomic mass is 32.2. The average Bonchev–Trinajstić information content (AvgIpc) is 3.05. The molecule has 1 unspecified atom stereocenters. The first-order valence-electron chi connectivity index (χ1n) is 5.79. The Kier molecular flexibility index (Phi) is 3.77. The van der Waals surface area contributed by atoms with Crippen LogP contribution < -0.4 is 5.32 Å². The Morgan fingerprint density at radius 1 is 1.38 bits per heavy atom. The molecule has 16 heavy (non-hydrogen) atoms. The minimum absolute atomic E-state index is 0.651. The highest BCUT2D eigenvalue weighted by Gasteiger charge is 2.22. The van der Waals surface area contributed by atoms with Crippen molar-refractivity contribution in [1.29, 1.82) is 0 Å². The van der Waals surface area contributed by atoms with E-state index in [-0.39, 0.29) is 0 Å². The summed E-state index contributed by atoms with van der Waals surface area (Å²) < 4.78 is 0. The minimum Gasteiger partial charge on any atom is -0.308 e. The number of nitrogens with zero attached hydrogens (tertiary/aromatic N) is 1. The number of rotatable bonds is 4. The van der Waals surface area contributed by atoms with Crippen molar-refractivity contribution >= 4 is 34.9 Å². The predicted octanol–water partition coefficient (Wildman–Crippen LogP) is 2.92. The molecule has 0 aromatic carbocycles. The van der Waals surface area contributed by atoms with E-state index in [0.29, 0.717) is 5.25 Å². The van der Waals surface area contributed by atoms with Crippen LogP contribution in [-0.2, 0) is 6.54 Å². The number of hydrogen-bond acceptors (Lipinski definition) is 5. The molecule has 1 aromatic rings. The molecule has 1 saturated heterocycles. The summed E-state index contributed by atoms with van der Waals surface area (Å²) in [5.41, 5.74) is 1.24. The van der Waals surface area contributed by atoms with Gasteiger partial charge in [0.25, 0.3) is 0 Å². The second-order valence-corrected chi connectivity index (χ2v) is 7.62. The summed E-state index contributed by atoms with van der Waals surface area (Å²) in [5.74, 6) is 3.83. The van der Waals surface area contributed by atoms with E-state index in [4.69, 9.17) is 4.98 Å². The average molecular weight is 272 g/mol. The van der Waals surface area contributed by atoms with Gasteiger partial charge >= 0.3 is 0 Å². The molecule has 2 fully saturated rings. The standard InChI is InChI=1S/C11H16N2S3/c1-2-8(1)12-5-9-6-16-11(13-9)10-7-14-3-4-15-10/h6,8,10,12H,1-5,7H2. The third kappa shape index (κ3) is 2.94. The summed E-state index contributed by atoms with van der Waals surface area (Å²) in [6.45, 7) is 0.964. The second kappa shape index (κ2) is 5.29. The Bertz CT molecular complexity index is 343. The first kappa shape index (κ1) is 11.4. The van der Waals surface area contributed by atoms with Crippen LogP contribution in [0.3, 0.4) is 0 Å². The van der Waals surface area contributed by atoms with Gasteiger partial charge in [-0.25, -0.2) is 4.98 Å². The molecule has 2 aliphatic rings. The molecule has 2 nitrogen and oxygen atoms in total. The summed E-state index contributed by atoms with van der Waals surface area (Å²) in [6, 6.07) is 0.782. The fourth-order valence-corrected chi connectivity index (χ4v) is 5.54. The molecule has 88 valence electrons. The Balaban J connectivity index is 1.57. The molecule has 0 amide bonds. The van der Waals surface area contributed by atoms with E-state index in [0.717, 1.165) is 12.6 Å². The van der Waals surface area contributed by atoms with Crippen LogP contribution in [-0.4, -0.2) is 28.3 Å². The molecule has 1 aromatic heterocycles. The van der Waals surface area contributed by atoms with Crippen LogP contribution in [0.4, 0.5) is 0 Å².